The summed E-state index contributed by atoms with van der Waals surface area (Å²) >= 11 is 0. The third-order valence-corrected chi connectivity index (χ3v) is 6.64. The van der Waals surface area contributed by atoms with Gasteiger partial charge in [-0.3, -0.25) is 0 Å². The van der Waals surface area contributed by atoms with Gasteiger partial charge in [-0.25, -0.2) is 0 Å². The van der Waals surface area contributed by atoms with Gasteiger partial charge in [-0.15, -0.1) is 0 Å². The minimum Gasteiger partial charge on any atom is -0.504 e. The Labute approximate surface area is 136 Å². The van der Waals surface area contributed by atoms with Crippen LogP contribution in [0.4, 0.5) is 0 Å². The smallest absolute Gasteiger partial charge is 0.165 e. The molecule has 2 bridgehead atoms. The van der Waals surface area contributed by atoms with E-state index in [1.165, 1.54) is 11.1 Å². The standard InChI is InChI=1S/C19H22NO3/c1-3-10-8-15(22)17-16-11(10)9-13-12-4-5-14(21)18(23-17)19(12,16)6-7-20(13)2/h4-5,8,12-14,18,21-22H,1,3,6-7,9H2,2H3/t12-,13+,14-,18-,19-/m0/s1. The van der Waals surface area contributed by atoms with E-state index >= 15 is 0 Å². The highest BCUT2D eigenvalue weighted by molar-refractivity contribution is 5.64. The molecule has 2 aliphatic heterocycles. The molecular formula is C19H22NO3. The van der Waals surface area contributed by atoms with E-state index in [0.29, 0.717) is 24.1 Å². The van der Waals surface area contributed by atoms with Crippen molar-refractivity contribution in [3.8, 4) is 11.5 Å². The number of aliphatic hydroxyl groups excluding tert-OH is 1. The second-order valence-corrected chi connectivity index (χ2v) is 7.47. The molecule has 1 saturated heterocycles. The first-order valence-corrected chi connectivity index (χ1v) is 8.48. The topological polar surface area (TPSA) is 52.9 Å². The van der Waals surface area contributed by atoms with Crippen LogP contribution in [0, 0.1) is 12.8 Å². The molecule has 1 fully saturated rings. The maximum Gasteiger partial charge on any atom is 0.165 e. The lowest BCUT2D eigenvalue weighted by molar-refractivity contribution is -0.0454. The Hall–Kier alpha value is -1.52. The minimum atomic E-state index is -0.615. The van der Waals surface area contributed by atoms with Crippen LogP contribution >= 0.6 is 0 Å². The summed E-state index contributed by atoms with van der Waals surface area (Å²) in [6.07, 6.45) is 5.76. The Bertz CT molecular complexity index is 728. The summed E-state index contributed by atoms with van der Waals surface area (Å²) < 4.78 is 6.17. The van der Waals surface area contributed by atoms with Crippen molar-refractivity contribution < 1.29 is 14.9 Å². The summed E-state index contributed by atoms with van der Waals surface area (Å²) in [6.45, 7) is 5.05. The number of likely N-dealkylation sites (tertiary alicyclic amines) is 1. The van der Waals surface area contributed by atoms with Crippen molar-refractivity contribution in [3.05, 3.63) is 41.8 Å². The van der Waals surface area contributed by atoms with E-state index in [2.05, 4.69) is 24.9 Å². The Morgan fingerprint density at radius 2 is 2.26 bits per heavy atom. The average molecular weight is 312 g/mol. The maximum absolute atomic E-state index is 10.6. The van der Waals surface area contributed by atoms with Crippen molar-refractivity contribution in [2.75, 3.05) is 13.6 Å². The van der Waals surface area contributed by atoms with Crippen molar-refractivity contribution >= 4 is 0 Å². The Kier molecular flexibility index (Phi) is 2.60. The normalized spacial score (nSPS) is 40.0. The van der Waals surface area contributed by atoms with E-state index < -0.39 is 6.10 Å². The quantitative estimate of drug-likeness (QED) is 0.773. The number of aliphatic hydroxyl groups is 1. The summed E-state index contributed by atoms with van der Waals surface area (Å²) in [5.74, 6) is 1.15. The number of phenols is 1. The van der Waals surface area contributed by atoms with E-state index in [-0.39, 0.29) is 17.3 Å². The lowest BCUT2D eigenvalue weighted by Crippen LogP contribution is -2.64. The molecule has 4 nitrogen and oxygen atoms in total. The highest BCUT2D eigenvalue weighted by Gasteiger charge is 2.64. The van der Waals surface area contributed by atoms with E-state index in [9.17, 15) is 10.2 Å². The number of phenolic OH excluding ortho intramolecular Hbond substituents is 1. The number of piperidine rings is 1. The molecule has 2 N–H and O–H groups in total. The van der Waals surface area contributed by atoms with Gasteiger partial charge in [0.1, 0.15) is 12.2 Å². The molecule has 2 aliphatic carbocycles. The number of aromatic hydroxyl groups is 1. The van der Waals surface area contributed by atoms with E-state index in [1.807, 2.05) is 12.1 Å². The molecule has 2 heterocycles. The van der Waals surface area contributed by atoms with Gasteiger partial charge in [0, 0.05) is 22.9 Å². The zero-order valence-electron chi connectivity index (χ0n) is 13.3. The van der Waals surface area contributed by atoms with Gasteiger partial charge in [-0.05, 0) is 57.0 Å². The fourth-order valence-corrected chi connectivity index (χ4v) is 5.62. The van der Waals surface area contributed by atoms with Crippen LogP contribution in [0.15, 0.2) is 18.2 Å². The minimum absolute atomic E-state index is 0.198. The fourth-order valence-electron chi connectivity index (χ4n) is 5.62. The van der Waals surface area contributed by atoms with Gasteiger partial charge in [0.15, 0.2) is 11.5 Å². The average Bonchev–Trinajstić information content (AvgIpc) is 2.89. The molecule has 121 valence electrons. The molecule has 0 saturated carbocycles. The molecule has 5 rings (SSSR count). The third kappa shape index (κ3) is 1.45. The molecule has 1 spiro atoms. The molecule has 1 aromatic rings. The van der Waals surface area contributed by atoms with Gasteiger partial charge < -0.3 is 19.8 Å². The number of likely N-dealkylation sites (N-methyl/N-ethyl adjacent to an activating group) is 1. The zero-order valence-corrected chi connectivity index (χ0v) is 13.3. The van der Waals surface area contributed by atoms with Crippen molar-refractivity contribution in [1.29, 1.82) is 0 Å². The number of nitrogens with zero attached hydrogens (tertiary/aromatic N) is 1. The van der Waals surface area contributed by atoms with Crippen LogP contribution < -0.4 is 4.74 Å². The SMILES string of the molecule is [CH2]Cc1cc(O)c2c3c1C[C@@H]1[C@@H]4C=C[C@H](O)[C@H](O2)[C@]34CCN1C. The Balaban J connectivity index is 1.85. The summed E-state index contributed by atoms with van der Waals surface area (Å²) in [4.78, 5) is 2.44. The summed E-state index contributed by atoms with van der Waals surface area (Å²) in [7, 11) is 2.19. The first-order valence-electron chi connectivity index (χ1n) is 8.48. The summed E-state index contributed by atoms with van der Waals surface area (Å²) in [5.41, 5.74) is 3.38. The lowest BCUT2D eigenvalue weighted by Gasteiger charge is -2.56. The van der Waals surface area contributed by atoms with Gasteiger partial charge in [0.05, 0.1) is 0 Å². The first kappa shape index (κ1) is 13.9. The Morgan fingerprint density at radius 3 is 3.04 bits per heavy atom. The molecule has 0 amide bonds. The van der Waals surface area contributed by atoms with Crippen LogP contribution in [0.5, 0.6) is 11.5 Å². The van der Waals surface area contributed by atoms with E-state index in [4.69, 9.17) is 4.74 Å². The van der Waals surface area contributed by atoms with Crippen molar-refractivity contribution in [3.63, 3.8) is 0 Å². The predicted molar refractivity (Wildman–Crippen MR) is 86.6 cm³/mol. The monoisotopic (exact) mass is 312 g/mol. The number of benzene rings is 1. The fraction of sp³-hybridized carbons (Fsp3) is 0.526. The van der Waals surface area contributed by atoms with Crippen molar-refractivity contribution in [2.24, 2.45) is 5.92 Å². The summed E-state index contributed by atoms with van der Waals surface area (Å²) in [6, 6.07) is 2.23. The molecule has 0 aromatic heterocycles. The van der Waals surface area contributed by atoms with E-state index in [1.54, 1.807) is 0 Å². The van der Waals surface area contributed by atoms with Crippen LogP contribution in [0.3, 0.4) is 0 Å². The molecular weight excluding hydrogens is 290 g/mol. The van der Waals surface area contributed by atoms with Crippen LogP contribution in [-0.2, 0) is 18.3 Å². The molecule has 4 heteroatoms. The predicted octanol–water partition coefficient (Wildman–Crippen LogP) is 1.57. The van der Waals surface area contributed by atoms with Crippen LogP contribution in [0.25, 0.3) is 0 Å². The number of hydrogen-bond donors (Lipinski definition) is 2. The number of hydrogen-bond acceptors (Lipinski definition) is 4. The van der Waals surface area contributed by atoms with Crippen molar-refractivity contribution in [2.45, 2.75) is 42.9 Å². The molecule has 5 atom stereocenters. The molecule has 1 aromatic carbocycles. The number of ether oxygens (including phenoxy) is 1. The molecule has 23 heavy (non-hydrogen) atoms. The van der Waals surface area contributed by atoms with Crippen LogP contribution in [-0.4, -0.2) is 47.0 Å². The maximum atomic E-state index is 10.6. The third-order valence-electron chi connectivity index (χ3n) is 6.64. The van der Waals surface area contributed by atoms with Crippen molar-refractivity contribution in [1.82, 2.24) is 4.90 Å². The largest absolute Gasteiger partial charge is 0.504 e. The van der Waals surface area contributed by atoms with Gasteiger partial charge >= 0.3 is 0 Å². The van der Waals surface area contributed by atoms with Crippen LogP contribution in [0.1, 0.15) is 23.1 Å². The highest BCUT2D eigenvalue weighted by atomic mass is 16.5. The number of rotatable bonds is 1. The second-order valence-electron chi connectivity index (χ2n) is 7.47. The molecule has 0 unspecified atom stereocenters. The zero-order chi connectivity index (χ0) is 15.9. The van der Waals surface area contributed by atoms with Crippen LogP contribution in [0.2, 0.25) is 0 Å². The molecule has 1 radical (unpaired) electrons. The summed E-state index contributed by atoms with van der Waals surface area (Å²) in [5, 5.41) is 21.0. The van der Waals surface area contributed by atoms with Gasteiger partial charge in [0.2, 0.25) is 0 Å². The first-order chi connectivity index (χ1) is 11.1. The highest BCUT2D eigenvalue weighted by Crippen LogP contribution is 2.62. The van der Waals surface area contributed by atoms with E-state index in [0.717, 1.165) is 24.9 Å². The van der Waals surface area contributed by atoms with Gasteiger partial charge in [-0.2, -0.15) is 0 Å². The lowest BCUT2D eigenvalue weighted by atomic mass is 9.53. The van der Waals surface area contributed by atoms with Gasteiger partial charge in [0.25, 0.3) is 0 Å². The van der Waals surface area contributed by atoms with Gasteiger partial charge in [-0.1, -0.05) is 12.2 Å². The molecule has 4 aliphatic rings. The second kappa shape index (κ2) is 4.31. The Morgan fingerprint density at radius 1 is 1.43 bits per heavy atom.